The molecule has 0 spiro atoms. The van der Waals surface area contributed by atoms with Crippen molar-refractivity contribution in [1.29, 1.82) is 0 Å². The maximum atomic E-state index is 13.2. The van der Waals surface area contributed by atoms with Gasteiger partial charge in [-0.1, -0.05) is 113 Å². The average molecular weight is 779 g/mol. The molecule has 5 aliphatic rings. The van der Waals surface area contributed by atoms with Crippen LogP contribution in [0.1, 0.15) is 90.7 Å². The van der Waals surface area contributed by atoms with Gasteiger partial charge in [-0.3, -0.25) is 0 Å². The fraction of sp³-hybridized carbons (Fsp3) is 0.551. The van der Waals surface area contributed by atoms with E-state index >= 15 is 0 Å². The van der Waals surface area contributed by atoms with E-state index in [4.69, 9.17) is 9.47 Å². The number of allylic oxidation sites excluding steroid dienone is 3. The van der Waals surface area contributed by atoms with Crippen molar-refractivity contribution in [1.82, 2.24) is 0 Å². The summed E-state index contributed by atoms with van der Waals surface area (Å²) >= 11 is 0. The number of carbonyl (C=O) groups excluding carboxylic acids is 2. The molecule has 5 aliphatic carbocycles. The van der Waals surface area contributed by atoms with Crippen molar-refractivity contribution >= 4 is 24.1 Å². The summed E-state index contributed by atoms with van der Waals surface area (Å²) < 4.78 is 12.0. The Balaban J connectivity index is 1.17. The molecule has 0 bridgehead atoms. The summed E-state index contributed by atoms with van der Waals surface area (Å²) in [4.78, 5) is 26.2. The van der Waals surface area contributed by atoms with Gasteiger partial charge in [0.2, 0.25) is 0 Å². The predicted octanol–water partition coefficient (Wildman–Crippen LogP) is 7.72. The molecule has 12 atom stereocenters. The van der Waals surface area contributed by atoms with Crippen molar-refractivity contribution in [2.45, 2.75) is 104 Å². The van der Waals surface area contributed by atoms with Gasteiger partial charge in [-0.2, -0.15) is 0 Å². The topological polar surface area (TPSA) is 134 Å². The van der Waals surface area contributed by atoms with E-state index in [2.05, 4.69) is 39.5 Å². The molecule has 3 unspecified atom stereocenters. The van der Waals surface area contributed by atoms with Crippen LogP contribution in [0.25, 0.3) is 12.2 Å². The lowest BCUT2D eigenvalue weighted by Crippen LogP contribution is -2.72. The monoisotopic (exact) mass is 778 g/mol. The largest absolute Gasteiger partial charge is 0.462 e. The average Bonchev–Trinajstić information content (AvgIpc) is 3.19. The molecule has 0 amide bonds. The Kier molecular flexibility index (Phi) is 10.9. The van der Waals surface area contributed by atoms with Gasteiger partial charge < -0.3 is 29.9 Å². The smallest absolute Gasteiger partial charge is 0.331 e. The van der Waals surface area contributed by atoms with E-state index in [-0.39, 0.29) is 35.2 Å². The summed E-state index contributed by atoms with van der Waals surface area (Å²) in [5.41, 5.74) is -0.944. The molecule has 4 saturated carbocycles. The zero-order valence-corrected chi connectivity index (χ0v) is 34.3. The Morgan fingerprint density at radius 1 is 0.807 bits per heavy atom. The Labute approximate surface area is 338 Å². The highest BCUT2D eigenvalue weighted by molar-refractivity contribution is 5.87. The number of fused-ring (bicyclic) bond motifs is 7. The molecule has 0 radical (unpaired) electrons. The summed E-state index contributed by atoms with van der Waals surface area (Å²) in [7, 11) is 0. The number of hydrogen-bond donors (Lipinski definition) is 4. The van der Waals surface area contributed by atoms with Crippen LogP contribution in [0.5, 0.6) is 0 Å². The molecule has 0 aliphatic heterocycles. The van der Waals surface area contributed by atoms with Crippen molar-refractivity contribution in [3.8, 4) is 0 Å². The number of hydrogen-bond acceptors (Lipinski definition) is 8. The molecule has 306 valence electrons. The third kappa shape index (κ3) is 6.50. The second-order valence-electron chi connectivity index (χ2n) is 19.3. The van der Waals surface area contributed by atoms with E-state index in [9.17, 15) is 30.0 Å². The first-order valence-electron chi connectivity index (χ1n) is 20.9. The first-order valence-corrected chi connectivity index (χ1v) is 20.9. The number of benzene rings is 2. The molecule has 2 aromatic rings. The first-order chi connectivity index (χ1) is 27.0. The second-order valence-corrected chi connectivity index (χ2v) is 19.3. The summed E-state index contributed by atoms with van der Waals surface area (Å²) in [6, 6.07) is 19.0. The molecular formula is C49H62O8. The van der Waals surface area contributed by atoms with Gasteiger partial charge in [-0.25, -0.2) is 9.59 Å². The molecule has 8 heteroatoms. The highest BCUT2D eigenvalue weighted by Gasteiger charge is 2.73. The summed E-state index contributed by atoms with van der Waals surface area (Å²) in [6.45, 7) is 14.8. The summed E-state index contributed by atoms with van der Waals surface area (Å²) in [6.07, 6.45) is 11.2. The van der Waals surface area contributed by atoms with E-state index < -0.39 is 64.6 Å². The van der Waals surface area contributed by atoms with E-state index in [1.807, 2.05) is 74.5 Å². The van der Waals surface area contributed by atoms with Crippen molar-refractivity contribution in [3.63, 3.8) is 0 Å². The minimum Gasteiger partial charge on any atom is -0.462 e. The number of carbonyl (C=O) groups is 2. The van der Waals surface area contributed by atoms with Crippen LogP contribution >= 0.6 is 0 Å². The summed E-state index contributed by atoms with van der Waals surface area (Å²) in [5, 5.41) is 47.7. The molecule has 2 aromatic carbocycles. The Morgan fingerprint density at radius 3 is 2.02 bits per heavy atom. The van der Waals surface area contributed by atoms with Gasteiger partial charge in [0.05, 0.1) is 30.8 Å². The number of aliphatic hydroxyl groups excluding tert-OH is 4. The first kappa shape index (κ1) is 41.3. The van der Waals surface area contributed by atoms with Crippen LogP contribution in [0.3, 0.4) is 0 Å². The van der Waals surface area contributed by atoms with Crippen LogP contribution in [0.15, 0.2) is 97.1 Å². The van der Waals surface area contributed by atoms with E-state index in [1.165, 1.54) is 12.2 Å². The van der Waals surface area contributed by atoms with Gasteiger partial charge in [-0.05, 0) is 102 Å². The lowest BCUT2D eigenvalue weighted by Gasteiger charge is -2.72. The second kappa shape index (κ2) is 15.1. The van der Waals surface area contributed by atoms with Crippen LogP contribution in [0.4, 0.5) is 0 Å². The predicted molar refractivity (Wildman–Crippen MR) is 221 cm³/mol. The fourth-order valence-electron chi connectivity index (χ4n) is 12.9. The van der Waals surface area contributed by atoms with Crippen molar-refractivity contribution in [2.24, 2.45) is 50.2 Å². The van der Waals surface area contributed by atoms with Crippen LogP contribution in [-0.4, -0.2) is 70.0 Å². The molecule has 4 N–H and O–H groups in total. The zero-order chi connectivity index (χ0) is 41.0. The fourth-order valence-corrected chi connectivity index (χ4v) is 12.9. The van der Waals surface area contributed by atoms with E-state index in [1.54, 1.807) is 12.2 Å². The van der Waals surface area contributed by atoms with Gasteiger partial charge in [0, 0.05) is 23.0 Å². The summed E-state index contributed by atoms with van der Waals surface area (Å²) in [5.74, 6) is -1.26. The van der Waals surface area contributed by atoms with Crippen LogP contribution in [0, 0.1) is 50.2 Å². The van der Waals surface area contributed by atoms with Gasteiger partial charge in [0.25, 0.3) is 0 Å². The Bertz CT molecular complexity index is 1920. The lowest BCUT2D eigenvalue weighted by molar-refractivity contribution is -0.260. The normalized spacial score (nSPS) is 40.9. The molecule has 0 heterocycles. The third-order valence-electron chi connectivity index (χ3n) is 16.3. The minimum absolute atomic E-state index is 0.000597. The third-order valence-corrected chi connectivity index (χ3v) is 16.3. The van der Waals surface area contributed by atoms with Crippen LogP contribution in [-0.2, 0) is 19.1 Å². The Morgan fingerprint density at radius 2 is 1.42 bits per heavy atom. The molecule has 0 aromatic heterocycles. The van der Waals surface area contributed by atoms with E-state index in [0.717, 1.165) is 42.4 Å². The van der Waals surface area contributed by atoms with Crippen LogP contribution < -0.4 is 0 Å². The van der Waals surface area contributed by atoms with Gasteiger partial charge in [0.15, 0.2) is 0 Å². The van der Waals surface area contributed by atoms with Gasteiger partial charge in [0.1, 0.15) is 12.2 Å². The quantitative estimate of drug-likeness (QED) is 0.116. The molecule has 7 rings (SSSR count). The highest BCUT2D eigenvalue weighted by atomic mass is 16.6. The molecule has 4 fully saturated rings. The van der Waals surface area contributed by atoms with Gasteiger partial charge in [-0.15, -0.1) is 6.58 Å². The van der Waals surface area contributed by atoms with Crippen molar-refractivity contribution in [3.05, 3.63) is 108 Å². The Hall–Kier alpha value is -3.82. The number of ether oxygens (including phenoxy) is 2. The maximum Gasteiger partial charge on any atom is 0.331 e. The SMILES string of the molecule is C=C[C@]12CC[C@H](O)[C@](C)(COC(=O)/C=C/c3ccccc3)C1CC[C@]1(C)C2CC=C2C3CC(C)(C)[C@@H](OC(=O)/C=C/c4ccccc4)[C@H](O)[C@]3(CO)[C@H](O)C[C@]21C. The number of esters is 2. The van der Waals surface area contributed by atoms with E-state index in [0.29, 0.717) is 19.3 Å². The number of aliphatic hydroxyl groups is 4. The highest BCUT2D eigenvalue weighted by Crippen LogP contribution is 2.76. The molecule has 8 nitrogen and oxygen atoms in total. The maximum absolute atomic E-state index is 13.2. The lowest BCUT2D eigenvalue weighted by atomic mass is 9.32. The number of rotatable bonds is 9. The molecular weight excluding hydrogens is 717 g/mol. The van der Waals surface area contributed by atoms with Crippen molar-refractivity contribution in [2.75, 3.05) is 13.2 Å². The molecule has 57 heavy (non-hydrogen) atoms. The standard InChI is InChI=1S/C49H62O8/c1-7-48-27-25-38(51)45(4,31-56-40(53)22-18-32-14-10-8-11-15-32)36(48)24-26-46(5)37(48)21-20-34-35-28-44(2,3)43(57-41(54)23-19-33-16-12-9-13-17-33)42(55)49(35,30-50)39(52)29-47(34,46)6/h7-20,22-23,35-39,42-43,50-52,55H,1,21,24-31H2,2-6H3/b22-18+,23-19+/t35?,36?,37?,38-,39+,42-,43-,45+,46+,47+,48-,49-/m0/s1. The molecule has 0 saturated heterocycles. The van der Waals surface area contributed by atoms with Crippen molar-refractivity contribution < 1.29 is 39.5 Å². The minimum atomic E-state index is -1.32. The van der Waals surface area contributed by atoms with Crippen LogP contribution in [0.2, 0.25) is 0 Å². The zero-order valence-electron chi connectivity index (χ0n) is 34.3. The van der Waals surface area contributed by atoms with Gasteiger partial charge >= 0.3 is 11.9 Å².